The molecule has 1 saturated heterocycles. The van der Waals surface area contributed by atoms with Gasteiger partial charge in [-0.2, -0.15) is 5.10 Å². The number of rotatable bonds is 3. The fraction of sp³-hybridized carbons (Fsp3) is 0.421. The Morgan fingerprint density at radius 1 is 1.32 bits per heavy atom. The van der Waals surface area contributed by atoms with Gasteiger partial charge in [0.2, 0.25) is 5.91 Å². The maximum Gasteiger partial charge on any atom is 0.229 e. The van der Waals surface area contributed by atoms with Gasteiger partial charge in [0.15, 0.2) is 0 Å². The number of amides is 1. The molecule has 1 fully saturated rings. The summed E-state index contributed by atoms with van der Waals surface area (Å²) in [6.07, 6.45) is 7.37. The van der Waals surface area contributed by atoms with Crippen molar-refractivity contribution < 1.29 is 4.79 Å². The Kier molecular flexibility index (Phi) is 4.03. The molecule has 0 spiro atoms. The predicted octanol–water partition coefficient (Wildman–Crippen LogP) is 2.97. The molecule has 0 bridgehead atoms. The number of aryl methyl sites for hydroxylation is 2. The summed E-state index contributed by atoms with van der Waals surface area (Å²) in [5, 5.41) is 7.24. The average molecular weight is 337 g/mol. The second-order valence-electron chi connectivity index (χ2n) is 6.81. The number of pyridine rings is 1. The van der Waals surface area contributed by atoms with Crippen LogP contribution >= 0.6 is 0 Å². The molecule has 0 radical (unpaired) electrons. The van der Waals surface area contributed by atoms with Crippen LogP contribution in [-0.4, -0.2) is 36.9 Å². The lowest BCUT2D eigenvalue weighted by molar-refractivity contribution is -0.134. The number of hydrogen-bond donors (Lipinski definition) is 1. The van der Waals surface area contributed by atoms with Crippen molar-refractivity contribution in [2.24, 2.45) is 0 Å². The van der Waals surface area contributed by atoms with Gasteiger partial charge in [-0.25, -0.2) is 4.98 Å². The highest BCUT2D eigenvalue weighted by molar-refractivity contribution is 5.79. The molecule has 4 rings (SSSR count). The van der Waals surface area contributed by atoms with E-state index in [1.54, 1.807) is 0 Å². The summed E-state index contributed by atoms with van der Waals surface area (Å²) in [7, 11) is 0. The van der Waals surface area contributed by atoms with Gasteiger partial charge < -0.3 is 9.30 Å². The van der Waals surface area contributed by atoms with Crippen molar-refractivity contribution in [1.82, 2.24) is 24.5 Å². The average Bonchev–Trinajstić information content (AvgIpc) is 3.18. The third kappa shape index (κ3) is 2.81. The van der Waals surface area contributed by atoms with E-state index < -0.39 is 0 Å². The Labute approximate surface area is 146 Å². The number of aromatic amines is 1. The van der Waals surface area contributed by atoms with Gasteiger partial charge in [-0.15, -0.1) is 0 Å². The number of nitrogens with zero attached hydrogens (tertiary/aromatic N) is 4. The molecule has 0 saturated carbocycles. The van der Waals surface area contributed by atoms with Crippen molar-refractivity contribution in [3.8, 4) is 0 Å². The Hall–Kier alpha value is -2.63. The summed E-state index contributed by atoms with van der Waals surface area (Å²) in [4.78, 5) is 19.7. The van der Waals surface area contributed by atoms with Crippen LogP contribution in [0.5, 0.6) is 0 Å². The SMILES string of the molecule is Cc1cn[nH]c1C1CCCCN1C(=O)Cc1c(C)nc2ccccn12. The zero-order valence-corrected chi connectivity index (χ0v) is 14.7. The minimum absolute atomic E-state index is 0.100. The van der Waals surface area contributed by atoms with Crippen LogP contribution in [0.2, 0.25) is 0 Å². The topological polar surface area (TPSA) is 66.3 Å². The van der Waals surface area contributed by atoms with Gasteiger partial charge in [-0.1, -0.05) is 6.07 Å². The highest BCUT2D eigenvalue weighted by atomic mass is 16.2. The third-order valence-electron chi connectivity index (χ3n) is 5.17. The van der Waals surface area contributed by atoms with E-state index in [4.69, 9.17) is 0 Å². The van der Waals surface area contributed by atoms with Gasteiger partial charge in [0.25, 0.3) is 0 Å². The Balaban J connectivity index is 1.62. The first-order valence-corrected chi connectivity index (χ1v) is 8.87. The zero-order valence-electron chi connectivity index (χ0n) is 14.7. The Bertz CT molecular complexity index is 910. The summed E-state index contributed by atoms with van der Waals surface area (Å²) in [5.74, 6) is 0.160. The van der Waals surface area contributed by atoms with Crippen molar-refractivity contribution >= 4 is 11.6 Å². The molecule has 0 aliphatic carbocycles. The van der Waals surface area contributed by atoms with Gasteiger partial charge in [0.1, 0.15) is 5.65 Å². The largest absolute Gasteiger partial charge is 0.334 e. The lowest BCUT2D eigenvalue weighted by atomic mass is 9.97. The molecule has 1 amide bonds. The standard InChI is InChI=1S/C19H23N5O/c1-13-12-20-22-19(13)15-7-3-5-10-24(15)18(25)11-16-14(2)21-17-8-4-6-9-23(16)17/h4,6,8-9,12,15H,3,5,7,10-11H2,1-2H3,(H,20,22). The van der Waals surface area contributed by atoms with E-state index >= 15 is 0 Å². The lowest BCUT2D eigenvalue weighted by Crippen LogP contribution is -2.40. The molecule has 130 valence electrons. The molecule has 6 heteroatoms. The highest BCUT2D eigenvalue weighted by Crippen LogP contribution is 2.32. The van der Waals surface area contributed by atoms with E-state index in [0.29, 0.717) is 6.42 Å². The highest BCUT2D eigenvalue weighted by Gasteiger charge is 2.30. The van der Waals surface area contributed by atoms with Crippen LogP contribution in [0, 0.1) is 13.8 Å². The van der Waals surface area contributed by atoms with Crippen LogP contribution in [-0.2, 0) is 11.2 Å². The van der Waals surface area contributed by atoms with Crippen LogP contribution in [0.4, 0.5) is 0 Å². The number of fused-ring (bicyclic) bond motifs is 1. The molecule has 1 aliphatic heterocycles. The molecule has 0 aromatic carbocycles. The molecule has 3 aromatic heterocycles. The molecule has 1 atom stereocenters. The molecule has 1 N–H and O–H groups in total. The number of piperidine rings is 1. The molecular formula is C19H23N5O. The minimum atomic E-state index is 0.100. The van der Waals surface area contributed by atoms with Crippen molar-refractivity contribution in [1.29, 1.82) is 0 Å². The quantitative estimate of drug-likeness (QED) is 0.799. The molecule has 3 aromatic rings. The molecule has 4 heterocycles. The molecule has 1 unspecified atom stereocenters. The van der Waals surface area contributed by atoms with Crippen molar-refractivity contribution in [3.63, 3.8) is 0 Å². The summed E-state index contributed by atoms with van der Waals surface area (Å²) in [6, 6.07) is 6.01. The molecule has 6 nitrogen and oxygen atoms in total. The molecular weight excluding hydrogens is 314 g/mol. The van der Waals surface area contributed by atoms with Crippen LogP contribution < -0.4 is 0 Å². The van der Waals surface area contributed by atoms with Crippen LogP contribution in [0.25, 0.3) is 5.65 Å². The number of imidazole rings is 1. The summed E-state index contributed by atoms with van der Waals surface area (Å²) in [5.41, 5.74) is 4.98. The number of aromatic nitrogens is 4. The Morgan fingerprint density at radius 2 is 2.20 bits per heavy atom. The number of H-pyrrole nitrogens is 1. The number of carbonyl (C=O) groups is 1. The second-order valence-corrected chi connectivity index (χ2v) is 6.81. The van der Waals surface area contributed by atoms with E-state index in [0.717, 1.165) is 54.1 Å². The van der Waals surface area contributed by atoms with E-state index in [1.165, 1.54) is 0 Å². The number of carbonyl (C=O) groups excluding carboxylic acids is 1. The van der Waals surface area contributed by atoms with Crippen LogP contribution in [0.3, 0.4) is 0 Å². The maximum atomic E-state index is 13.1. The second kappa shape index (κ2) is 6.35. The first-order chi connectivity index (χ1) is 12.1. The van der Waals surface area contributed by atoms with Crippen LogP contribution in [0.15, 0.2) is 30.6 Å². The van der Waals surface area contributed by atoms with Crippen molar-refractivity contribution in [3.05, 3.63) is 53.2 Å². The number of nitrogens with one attached hydrogen (secondary N) is 1. The Morgan fingerprint density at radius 3 is 3.00 bits per heavy atom. The van der Waals surface area contributed by atoms with Gasteiger partial charge in [-0.3, -0.25) is 9.89 Å². The fourth-order valence-electron chi connectivity index (χ4n) is 3.85. The molecule has 1 aliphatic rings. The summed E-state index contributed by atoms with van der Waals surface area (Å²) in [6.45, 7) is 4.82. The minimum Gasteiger partial charge on any atom is -0.334 e. The van der Waals surface area contributed by atoms with E-state index in [9.17, 15) is 4.79 Å². The number of likely N-dealkylation sites (tertiary alicyclic amines) is 1. The van der Waals surface area contributed by atoms with Gasteiger partial charge in [-0.05, 0) is 50.8 Å². The smallest absolute Gasteiger partial charge is 0.229 e. The van der Waals surface area contributed by atoms with Crippen molar-refractivity contribution in [2.45, 2.75) is 45.6 Å². The summed E-state index contributed by atoms with van der Waals surface area (Å²) < 4.78 is 2.02. The maximum absolute atomic E-state index is 13.1. The molecule has 25 heavy (non-hydrogen) atoms. The fourth-order valence-corrected chi connectivity index (χ4v) is 3.85. The van der Waals surface area contributed by atoms with Gasteiger partial charge in [0, 0.05) is 12.7 Å². The first-order valence-electron chi connectivity index (χ1n) is 8.87. The summed E-state index contributed by atoms with van der Waals surface area (Å²) >= 11 is 0. The van der Waals surface area contributed by atoms with Gasteiger partial charge >= 0.3 is 0 Å². The van der Waals surface area contributed by atoms with Gasteiger partial charge in [0.05, 0.1) is 35.7 Å². The first kappa shape index (κ1) is 15.9. The van der Waals surface area contributed by atoms with E-state index in [2.05, 4.69) is 15.2 Å². The zero-order chi connectivity index (χ0) is 17.4. The predicted molar refractivity (Wildman–Crippen MR) is 95.3 cm³/mol. The van der Waals surface area contributed by atoms with E-state index in [-0.39, 0.29) is 11.9 Å². The normalized spacial score (nSPS) is 18.0. The van der Waals surface area contributed by atoms with Crippen molar-refractivity contribution in [2.75, 3.05) is 6.54 Å². The lowest BCUT2D eigenvalue weighted by Gasteiger charge is -2.35. The third-order valence-corrected chi connectivity index (χ3v) is 5.17. The van der Waals surface area contributed by atoms with Crippen LogP contribution in [0.1, 0.15) is 47.9 Å². The monoisotopic (exact) mass is 337 g/mol. The number of hydrogen-bond acceptors (Lipinski definition) is 3. The van der Waals surface area contributed by atoms with E-state index in [1.807, 2.05) is 53.7 Å².